The molecule has 0 bridgehead atoms. The number of nitrogens with zero attached hydrogens (tertiary/aromatic N) is 3. The highest BCUT2D eigenvalue weighted by Crippen LogP contribution is 2.30. The number of halogens is 1. The Labute approximate surface area is 179 Å². The van der Waals surface area contributed by atoms with Crippen LogP contribution in [0.1, 0.15) is 22.8 Å². The van der Waals surface area contributed by atoms with E-state index in [0.29, 0.717) is 29.5 Å². The molecule has 0 saturated carbocycles. The molecule has 1 heterocycles. The minimum atomic E-state index is -0.105. The fraction of sp³-hybridized carbons (Fsp3) is 0.286. The summed E-state index contributed by atoms with van der Waals surface area (Å²) in [5.41, 5.74) is 2.45. The van der Waals surface area contributed by atoms with Gasteiger partial charge in [0.15, 0.2) is 11.0 Å². The molecule has 1 amide bonds. The Kier molecular flexibility index (Phi) is 7.69. The van der Waals surface area contributed by atoms with Gasteiger partial charge in [-0.15, -0.1) is 10.2 Å². The molecule has 1 aromatic heterocycles. The minimum Gasteiger partial charge on any atom is -0.383 e. The second kappa shape index (κ2) is 10.4. The van der Waals surface area contributed by atoms with Crippen molar-refractivity contribution in [1.29, 1.82) is 0 Å². The molecule has 0 spiro atoms. The smallest absolute Gasteiger partial charge is 0.251 e. The number of ether oxygens (including phenoxy) is 1. The molecular weight excluding hydrogens is 408 g/mol. The van der Waals surface area contributed by atoms with Crippen LogP contribution in [0.3, 0.4) is 0 Å². The summed E-state index contributed by atoms with van der Waals surface area (Å²) >= 11 is 7.88. The zero-order chi connectivity index (χ0) is 20.6. The van der Waals surface area contributed by atoms with Gasteiger partial charge in [0.2, 0.25) is 0 Å². The van der Waals surface area contributed by atoms with Gasteiger partial charge in [0.25, 0.3) is 5.91 Å². The van der Waals surface area contributed by atoms with Gasteiger partial charge in [-0.05, 0) is 30.7 Å². The van der Waals surface area contributed by atoms with Crippen LogP contribution < -0.4 is 5.32 Å². The van der Waals surface area contributed by atoms with Crippen LogP contribution in [-0.2, 0) is 17.0 Å². The van der Waals surface area contributed by atoms with Gasteiger partial charge < -0.3 is 14.6 Å². The third-order valence-corrected chi connectivity index (χ3v) is 5.70. The van der Waals surface area contributed by atoms with Gasteiger partial charge in [-0.25, -0.2) is 0 Å². The van der Waals surface area contributed by atoms with Gasteiger partial charge in [-0.3, -0.25) is 4.79 Å². The van der Waals surface area contributed by atoms with Gasteiger partial charge in [-0.2, -0.15) is 0 Å². The van der Waals surface area contributed by atoms with E-state index in [9.17, 15) is 4.79 Å². The average molecular weight is 431 g/mol. The van der Waals surface area contributed by atoms with Crippen molar-refractivity contribution in [2.45, 2.75) is 24.4 Å². The fourth-order valence-electron chi connectivity index (χ4n) is 2.89. The number of nitrogens with one attached hydrogen (secondary N) is 1. The molecule has 0 radical (unpaired) electrons. The zero-order valence-corrected chi connectivity index (χ0v) is 18.0. The first-order valence-corrected chi connectivity index (χ1v) is 10.7. The van der Waals surface area contributed by atoms with Gasteiger partial charge in [0.1, 0.15) is 0 Å². The molecule has 29 heavy (non-hydrogen) atoms. The van der Waals surface area contributed by atoms with E-state index in [2.05, 4.69) is 15.5 Å². The number of rotatable bonds is 9. The fourth-order valence-corrected chi connectivity index (χ4v) is 4.12. The highest BCUT2D eigenvalue weighted by molar-refractivity contribution is 7.98. The standard InChI is InChI=1S/C21H23ClN4O2S/c1-3-26-19(17-10-6-7-11-18(17)22)24-25-21(26)29-14-15-8-4-5-9-16(15)20(27)23-12-13-28-2/h4-11H,3,12-14H2,1-2H3,(H,23,27). The third-order valence-electron chi connectivity index (χ3n) is 4.36. The highest BCUT2D eigenvalue weighted by atomic mass is 35.5. The van der Waals surface area contributed by atoms with Crippen LogP contribution in [0.2, 0.25) is 5.02 Å². The molecule has 0 fully saturated rings. The van der Waals surface area contributed by atoms with Crippen LogP contribution in [0.4, 0.5) is 0 Å². The summed E-state index contributed by atoms with van der Waals surface area (Å²) in [6, 6.07) is 15.2. The van der Waals surface area contributed by atoms with Gasteiger partial charge in [-0.1, -0.05) is 53.7 Å². The number of benzene rings is 2. The molecule has 8 heteroatoms. The van der Waals surface area contributed by atoms with Gasteiger partial charge in [0.05, 0.1) is 11.6 Å². The summed E-state index contributed by atoms with van der Waals surface area (Å²) in [6.07, 6.45) is 0. The van der Waals surface area contributed by atoms with Crippen molar-refractivity contribution >= 4 is 29.3 Å². The molecule has 2 aromatic carbocycles. The van der Waals surface area contributed by atoms with Crippen LogP contribution in [0.5, 0.6) is 0 Å². The molecule has 0 unspecified atom stereocenters. The molecule has 3 rings (SSSR count). The molecule has 6 nitrogen and oxygen atoms in total. The average Bonchev–Trinajstić information content (AvgIpc) is 3.15. The summed E-state index contributed by atoms with van der Waals surface area (Å²) < 4.78 is 7.03. The van der Waals surface area contributed by atoms with Crippen molar-refractivity contribution in [3.8, 4) is 11.4 Å². The van der Waals surface area contributed by atoms with Crippen molar-refractivity contribution in [3.63, 3.8) is 0 Å². The largest absolute Gasteiger partial charge is 0.383 e. The number of aromatic nitrogens is 3. The summed E-state index contributed by atoms with van der Waals surface area (Å²) in [4.78, 5) is 12.5. The van der Waals surface area contributed by atoms with Gasteiger partial charge in [0, 0.05) is 37.1 Å². The van der Waals surface area contributed by atoms with E-state index in [0.717, 1.165) is 28.7 Å². The Hall–Kier alpha value is -2.35. The molecule has 0 saturated heterocycles. The Morgan fingerprint density at radius 3 is 2.69 bits per heavy atom. The predicted molar refractivity (Wildman–Crippen MR) is 116 cm³/mol. The summed E-state index contributed by atoms with van der Waals surface area (Å²) in [6.45, 7) is 3.72. The van der Waals surface area contributed by atoms with Crippen molar-refractivity contribution in [3.05, 3.63) is 64.7 Å². The molecule has 1 N–H and O–H groups in total. The van der Waals surface area contributed by atoms with Crippen LogP contribution in [0, 0.1) is 0 Å². The van der Waals surface area contributed by atoms with E-state index < -0.39 is 0 Å². The normalized spacial score (nSPS) is 10.9. The maximum atomic E-state index is 12.5. The van der Waals surface area contributed by atoms with Crippen molar-refractivity contribution < 1.29 is 9.53 Å². The first-order valence-electron chi connectivity index (χ1n) is 9.31. The number of methoxy groups -OCH3 is 1. The van der Waals surface area contributed by atoms with Crippen LogP contribution >= 0.6 is 23.4 Å². The molecule has 0 aliphatic rings. The molecular formula is C21H23ClN4O2S. The third kappa shape index (κ3) is 5.18. The van der Waals surface area contributed by atoms with E-state index in [1.165, 1.54) is 0 Å². The monoisotopic (exact) mass is 430 g/mol. The number of hydrogen-bond donors (Lipinski definition) is 1. The number of carbonyl (C=O) groups excluding carboxylic acids is 1. The maximum absolute atomic E-state index is 12.5. The van der Waals surface area contributed by atoms with Gasteiger partial charge >= 0.3 is 0 Å². The van der Waals surface area contributed by atoms with E-state index in [1.54, 1.807) is 18.9 Å². The molecule has 0 atom stereocenters. The van der Waals surface area contributed by atoms with E-state index in [1.807, 2.05) is 60.0 Å². The first-order chi connectivity index (χ1) is 14.2. The Balaban J connectivity index is 1.78. The lowest BCUT2D eigenvalue weighted by molar-refractivity contribution is 0.0936. The molecule has 0 aliphatic carbocycles. The van der Waals surface area contributed by atoms with Crippen molar-refractivity contribution in [1.82, 2.24) is 20.1 Å². The lowest BCUT2D eigenvalue weighted by Crippen LogP contribution is -2.27. The SMILES string of the molecule is CCn1c(SCc2ccccc2C(=O)NCCOC)nnc1-c1ccccc1Cl. The van der Waals surface area contributed by atoms with E-state index >= 15 is 0 Å². The maximum Gasteiger partial charge on any atom is 0.251 e. The first kappa shape index (κ1) is 21.4. The van der Waals surface area contributed by atoms with Crippen LogP contribution in [0.25, 0.3) is 11.4 Å². The van der Waals surface area contributed by atoms with Crippen molar-refractivity contribution in [2.75, 3.05) is 20.3 Å². The predicted octanol–water partition coefficient (Wildman–Crippen LogP) is 4.29. The number of amides is 1. The number of thioether (sulfide) groups is 1. The number of carbonyl (C=O) groups is 1. The highest BCUT2D eigenvalue weighted by Gasteiger charge is 2.17. The Morgan fingerprint density at radius 1 is 1.17 bits per heavy atom. The lowest BCUT2D eigenvalue weighted by atomic mass is 10.1. The Morgan fingerprint density at radius 2 is 1.93 bits per heavy atom. The van der Waals surface area contributed by atoms with Crippen LogP contribution in [0.15, 0.2) is 53.7 Å². The quantitative estimate of drug-likeness (QED) is 0.405. The van der Waals surface area contributed by atoms with E-state index in [4.69, 9.17) is 16.3 Å². The second-order valence-corrected chi connectivity index (χ2v) is 7.57. The molecule has 0 aliphatic heterocycles. The topological polar surface area (TPSA) is 69.0 Å². The van der Waals surface area contributed by atoms with Crippen molar-refractivity contribution in [2.24, 2.45) is 0 Å². The molecule has 3 aromatic rings. The second-order valence-electron chi connectivity index (χ2n) is 6.22. The molecule has 152 valence electrons. The van der Waals surface area contributed by atoms with Crippen LogP contribution in [-0.4, -0.2) is 40.9 Å². The summed E-state index contributed by atoms with van der Waals surface area (Å²) in [5.74, 6) is 1.24. The van der Waals surface area contributed by atoms with E-state index in [-0.39, 0.29) is 5.91 Å². The minimum absolute atomic E-state index is 0.105. The number of hydrogen-bond acceptors (Lipinski definition) is 5. The Bertz CT molecular complexity index is 977. The summed E-state index contributed by atoms with van der Waals surface area (Å²) in [5, 5.41) is 13.0. The summed E-state index contributed by atoms with van der Waals surface area (Å²) in [7, 11) is 1.61. The zero-order valence-electron chi connectivity index (χ0n) is 16.4. The lowest BCUT2D eigenvalue weighted by Gasteiger charge is -2.11.